The molecule has 2 aliphatic heterocycles. The first kappa shape index (κ1) is 23.8. The Morgan fingerprint density at radius 2 is 1.97 bits per heavy atom. The minimum Gasteiger partial charge on any atom is -0.382 e. The predicted molar refractivity (Wildman–Crippen MR) is 140 cm³/mol. The molecule has 1 saturated heterocycles. The Morgan fingerprint density at radius 3 is 2.79 bits per heavy atom. The quantitative estimate of drug-likeness (QED) is 0.316. The molecule has 38 heavy (non-hydrogen) atoms. The van der Waals surface area contributed by atoms with Crippen LogP contribution in [0.2, 0.25) is 0 Å². The highest BCUT2D eigenvalue weighted by molar-refractivity contribution is 5.81. The Labute approximate surface area is 217 Å². The van der Waals surface area contributed by atoms with Crippen molar-refractivity contribution in [3.8, 4) is 11.3 Å². The molecule has 0 bridgehead atoms. The van der Waals surface area contributed by atoms with Gasteiger partial charge in [-0.05, 0) is 54.8 Å². The molecule has 1 atom stereocenters. The summed E-state index contributed by atoms with van der Waals surface area (Å²) in [6.45, 7) is 1.73. The number of halogens is 2. The number of hydrazine groups is 1. The summed E-state index contributed by atoms with van der Waals surface area (Å²) in [4.78, 5) is 19.6. The van der Waals surface area contributed by atoms with Crippen LogP contribution in [0, 0.1) is 11.6 Å². The number of rotatable bonds is 5. The van der Waals surface area contributed by atoms with E-state index < -0.39 is 17.2 Å². The maximum atomic E-state index is 14.0. The van der Waals surface area contributed by atoms with E-state index in [-0.39, 0.29) is 0 Å². The van der Waals surface area contributed by atoms with Gasteiger partial charge in [0, 0.05) is 24.9 Å². The van der Waals surface area contributed by atoms with Gasteiger partial charge in [-0.3, -0.25) is 4.98 Å². The molecule has 6 N–H and O–H groups in total. The van der Waals surface area contributed by atoms with Crippen LogP contribution >= 0.6 is 0 Å². The minimum absolute atomic E-state index is 0.297. The Morgan fingerprint density at radius 1 is 1.08 bits per heavy atom. The molecule has 5 heterocycles. The number of fused-ring (bicyclic) bond motifs is 1. The number of hydrogen-bond acceptors (Lipinski definition) is 9. The second-order valence-electron chi connectivity index (χ2n) is 9.52. The number of nitrogen functional groups attached to an aromatic ring is 1. The Bertz CT molecular complexity index is 1580. The van der Waals surface area contributed by atoms with Crippen molar-refractivity contribution in [2.24, 2.45) is 5.73 Å². The number of imidazole rings is 1. The minimum atomic E-state index is -0.928. The first-order chi connectivity index (χ1) is 18.4. The van der Waals surface area contributed by atoms with Crippen molar-refractivity contribution in [1.29, 1.82) is 0 Å². The van der Waals surface area contributed by atoms with Crippen LogP contribution in [0.15, 0.2) is 67.2 Å². The van der Waals surface area contributed by atoms with Crippen LogP contribution in [0.4, 0.5) is 20.3 Å². The summed E-state index contributed by atoms with van der Waals surface area (Å²) >= 11 is 0. The van der Waals surface area contributed by atoms with Crippen LogP contribution in [-0.2, 0) is 6.54 Å². The molecule has 0 spiro atoms. The third kappa shape index (κ3) is 4.28. The summed E-state index contributed by atoms with van der Waals surface area (Å²) in [5, 5.41) is 0. The van der Waals surface area contributed by atoms with E-state index >= 15 is 0 Å². The predicted octanol–water partition coefficient (Wildman–Crippen LogP) is 2.60. The summed E-state index contributed by atoms with van der Waals surface area (Å²) in [6, 6.07) is 5.64. The van der Waals surface area contributed by atoms with Gasteiger partial charge in [0.05, 0.1) is 41.7 Å². The van der Waals surface area contributed by atoms with E-state index in [1.807, 2.05) is 22.8 Å². The first-order valence-electron chi connectivity index (χ1n) is 12.2. The molecule has 0 saturated carbocycles. The van der Waals surface area contributed by atoms with Gasteiger partial charge in [0.1, 0.15) is 11.8 Å². The lowest BCUT2D eigenvalue weighted by molar-refractivity contribution is 0.368. The van der Waals surface area contributed by atoms with Crippen LogP contribution in [0.5, 0.6) is 0 Å². The van der Waals surface area contributed by atoms with Crippen LogP contribution < -0.4 is 27.2 Å². The maximum absolute atomic E-state index is 14.0. The number of pyridine rings is 1. The standard InChI is InChI=1S/C26H26F2N10/c27-18-5-4-16(9-19(18)28)20-10-17(12-38-15-34-23-24(29)32-14-33-25(23)38)21(11-31-20)37-8-2-6-26(30,13-37)22-3-1-7-35-36-22/h1,3-5,7,9-11,14-15,35-36H,2,6,8,12-13,30H2,(H2,29,32,33). The van der Waals surface area contributed by atoms with E-state index in [4.69, 9.17) is 11.5 Å². The van der Waals surface area contributed by atoms with E-state index in [1.54, 1.807) is 18.7 Å². The summed E-state index contributed by atoms with van der Waals surface area (Å²) in [5.41, 5.74) is 23.2. The molecular weight excluding hydrogens is 490 g/mol. The Hall–Kier alpha value is -4.58. The molecule has 6 rings (SSSR count). The van der Waals surface area contributed by atoms with Gasteiger partial charge in [0.15, 0.2) is 23.1 Å². The molecule has 1 fully saturated rings. The van der Waals surface area contributed by atoms with Gasteiger partial charge < -0.3 is 31.8 Å². The lowest BCUT2D eigenvalue weighted by Gasteiger charge is -2.43. The van der Waals surface area contributed by atoms with E-state index in [9.17, 15) is 8.78 Å². The number of nitrogens with zero attached hydrogens (tertiary/aromatic N) is 6. The van der Waals surface area contributed by atoms with Gasteiger partial charge in [-0.15, -0.1) is 0 Å². The Kier molecular flexibility index (Phi) is 5.87. The Balaban J connectivity index is 1.41. The van der Waals surface area contributed by atoms with Gasteiger partial charge >= 0.3 is 0 Å². The normalized spacial score (nSPS) is 19.2. The summed E-state index contributed by atoms with van der Waals surface area (Å²) in [7, 11) is 0. The van der Waals surface area contributed by atoms with Crippen LogP contribution in [-0.4, -0.2) is 43.1 Å². The lowest BCUT2D eigenvalue weighted by atomic mass is 9.86. The largest absolute Gasteiger partial charge is 0.382 e. The van der Waals surface area contributed by atoms with E-state index in [0.29, 0.717) is 41.3 Å². The van der Waals surface area contributed by atoms with Crippen LogP contribution in [0.1, 0.15) is 18.4 Å². The fraction of sp³-hybridized carbons (Fsp3) is 0.231. The topological polar surface area (TPSA) is 136 Å². The second kappa shape index (κ2) is 9.38. The summed E-state index contributed by atoms with van der Waals surface area (Å²) in [5.74, 6) is -1.54. The van der Waals surface area contributed by atoms with E-state index in [1.165, 1.54) is 12.4 Å². The van der Waals surface area contributed by atoms with Gasteiger partial charge in [-0.1, -0.05) is 0 Å². The fourth-order valence-electron chi connectivity index (χ4n) is 5.07. The number of anilines is 2. The highest BCUT2D eigenvalue weighted by Crippen LogP contribution is 2.33. The van der Waals surface area contributed by atoms with Crippen molar-refractivity contribution < 1.29 is 8.78 Å². The molecule has 2 aliphatic rings. The monoisotopic (exact) mass is 516 g/mol. The van der Waals surface area contributed by atoms with Gasteiger partial charge in [0.2, 0.25) is 0 Å². The first-order valence-corrected chi connectivity index (χ1v) is 12.2. The molecule has 1 unspecified atom stereocenters. The molecule has 3 aromatic heterocycles. The molecule has 4 aromatic rings. The van der Waals surface area contributed by atoms with E-state index in [0.717, 1.165) is 48.5 Å². The van der Waals surface area contributed by atoms with Crippen molar-refractivity contribution in [3.05, 3.63) is 84.4 Å². The van der Waals surface area contributed by atoms with Crippen molar-refractivity contribution >= 4 is 22.7 Å². The van der Waals surface area contributed by atoms with E-state index in [2.05, 4.69) is 35.7 Å². The number of piperidine rings is 1. The maximum Gasteiger partial charge on any atom is 0.165 e. The zero-order valence-corrected chi connectivity index (χ0v) is 20.4. The average Bonchev–Trinajstić information content (AvgIpc) is 3.35. The highest BCUT2D eigenvalue weighted by Gasteiger charge is 2.36. The van der Waals surface area contributed by atoms with Crippen molar-refractivity contribution in [2.75, 3.05) is 23.7 Å². The molecule has 10 nitrogen and oxygen atoms in total. The molecular formula is C26H26F2N10. The third-order valence-corrected chi connectivity index (χ3v) is 7.00. The highest BCUT2D eigenvalue weighted by atomic mass is 19.2. The number of benzene rings is 1. The van der Waals surface area contributed by atoms with Crippen molar-refractivity contribution in [3.63, 3.8) is 0 Å². The third-order valence-electron chi connectivity index (χ3n) is 7.00. The number of nitrogens with two attached hydrogens (primary N) is 2. The molecule has 12 heteroatoms. The van der Waals surface area contributed by atoms with Crippen molar-refractivity contribution in [2.45, 2.75) is 24.9 Å². The SMILES string of the molecule is Nc1ncnc2c1ncn2Cc1cc(-c2ccc(F)c(F)c2)ncc1N1CCCC(N)(C2=CC=CNN2)C1. The zero-order chi connectivity index (χ0) is 26.3. The molecule has 0 radical (unpaired) electrons. The summed E-state index contributed by atoms with van der Waals surface area (Å²) < 4.78 is 29.5. The summed E-state index contributed by atoms with van der Waals surface area (Å²) in [6.07, 6.45) is 12.2. The number of aromatic nitrogens is 5. The lowest BCUT2D eigenvalue weighted by Crippen LogP contribution is -2.59. The number of allylic oxidation sites excluding steroid dienone is 2. The number of hydrogen-bond donors (Lipinski definition) is 4. The van der Waals surface area contributed by atoms with Crippen LogP contribution in [0.25, 0.3) is 22.4 Å². The zero-order valence-electron chi connectivity index (χ0n) is 20.4. The molecule has 1 aromatic carbocycles. The van der Waals surface area contributed by atoms with Gasteiger partial charge in [-0.25, -0.2) is 23.7 Å². The van der Waals surface area contributed by atoms with Crippen LogP contribution in [0.3, 0.4) is 0 Å². The second-order valence-corrected chi connectivity index (χ2v) is 9.52. The molecule has 194 valence electrons. The number of nitrogens with one attached hydrogen (secondary N) is 2. The van der Waals surface area contributed by atoms with Gasteiger partial charge in [0.25, 0.3) is 0 Å². The fourth-order valence-corrected chi connectivity index (χ4v) is 5.07. The van der Waals surface area contributed by atoms with Crippen molar-refractivity contribution in [1.82, 2.24) is 35.4 Å². The molecule has 0 aliphatic carbocycles. The average molecular weight is 517 g/mol. The van der Waals surface area contributed by atoms with Gasteiger partial charge in [-0.2, -0.15) is 0 Å². The molecule has 0 amide bonds. The smallest absolute Gasteiger partial charge is 0.165 e.